The SMILES string of the molecule is CN=C(NCC(C)Oc1ccccc1C)NC1CCCC1.I. The number of halogens is 1. The summed E-state index contributed by atoms with van der Waals surface area (Å²) in [5.74, 6) is 1.83. The molecule has 0 heterocycles. The Morgan fingerprint density at radius 2 is 2.00 bits per heavy atom. The maximum Gasteiger partial charge on any atom is 0.191 e. The third-order valence-corrected chi connectivity index (χ3v) is 3.90. The van der Waals surface area contributed by atoms with Crippen molar-refractivity contribution in [3.05, 3.63) is 29.8 Å². The first-order chi connectivity index (χ1) is 10.2. The Morgan fingerprint density at radius 1 is 1.32 bits per heavy atom. The molecule has 1 aliphatic rings. The molecule has 4 nitrogen and oxygen atoms in total. The van der Waals surface area contributed by atoms with Gasteiger partial charge in [0, 0.05) is 13.1 Å². The molecule has 0 aliphatic heterocycles. The lowest BCUT2D eigenvalue weighted by Crippen LogP contribution is -2.45. The van der Waals surface area contributed by atoms with E-state index in [-0.39, 0.29) is 30.1 Å². The first-order valence-corrected chi connectivity index (χ1v) is 7.88. The fourth-order valence-electron chi connectivity index (χ4n) is 2.65. The highest BCUT2D eigenvalue weighted by Crippen LogP contribution is 2.18. The third-order valence-electron chi connectivity index (χ3n) is 3.90. The number of para-hydroxylation sites is 1. The molecule has 1 aliphatic carbocycles. The molecule has 1 aromatic carbocycles. The zero-order chi connectivity index (χ0) is 15.1. The van der Waals surface area contributed by atoms with Gasteiger partial charge in [-0.05, 0) is 38.3 Å². The van der Waals surface area contributed by atoms with Crippen molar-refractivity contribution >= 4 is 29.9 Å². The summed E-state index contributed by atoms with van der Waals surface area (Å²) >= 11 is 0. The summed E-state index contributed by atoms with van der Waals surface area (Å²) < 4.78 is 5.96. The van der Waals surface area contributed by atoms with Crippen molar-refractivity contribution in [3.63, 3.8) is 0 Å². The fourth-order valence-corrected chi connectivity index (χ4v) is 2.65. The second kappa shape index (κ2) is 9.92. The molecule has 124 valence electrons. The van der Waals surface area contributed by atoms with E-state index < -0.39 is 0 Å². The lowest BCUT2D eigenvalue weighted by molar-refractivity contribution is 0.222. The molecule has 1 aromatic rings. The first-order valence-electron chi connectivity index (χ1n) is 7.88. The number of rotatable bonds is 5. The highest BCUT2D eigenvalue weighted by atomic mass is 127. The van der Waals surface area contributed by atoms with Gasteiger partial charge in [-0.1, -0.05) is 31.0 Å². The molecule has 0 bridgehead atoms. The largest absolute Gasteiger partial charge is 0.489 e. The number of nitrogens with zero attached hydrogens (tertiary/aromatic N) is 1. The van der Waals surface area contributed by atoms with Crippen molar-refractivity contribution in [1.82, 2.24) is 10.6 Å². The van der Waals surface area contributed by atoms with E-state index in [1.54, 1.807) is 0 Å². The van der Waals surface area contributed by atoms with Crippen LogP contribution in [-0.4, -0.2) is 31.7 Å². The van der Waals surface area contributed by atoms with Gasteiger partial charge in [0.25, 0.3) is 0 Å². The lowest BCUT2D eigenvalue weighted by Gasteiger charge is -2.20. The normalized spacial score (nSPS) is 16.8. The van der Waals surface area contributed by atoms with Crippen molar-refractivity contribution in [2.24, 2.45) is 4.99 Å². The Kier molecular flexibility index (Phi) is 8.60. The van der Waals surface area contributed by atoms with E-state index in [0.717, 1.165) is 23.8 Å². The number of hydrogen-bond donors (Lipinski definition) is 2. The van der Waals surface area contributed by atoms with E-state index in [9.17, 15) is 0 Å². The van der Waals surface area contributed by atoms with Crippen LogP contribution in [0, 0.1) is 6.92 Å². The van der Waals surface area contributed by atoms with Crippen LogP contribution in [0.3, 0.4) is 0 Å². The van der Waals surface area contributed by atoms with Crippen LogP contribution in [-0.2, 0) is 0 Å². The zero-order valence-electron chi connectivity index (χ0n) is 13.8. The van der Waals surface area contributed by atoms with Gasteiger partial charge in [-0.25, -0.2) is 0 Å². The van der Waals surface area contributed by atoms with Gasteiger partial charge in [-0.3, -0.25) is 4.99 Å². The number of ether oxygens (including phenoxy) is 1. The van der Waals surface area contributed by atoms with Crippen LogP contribution in [0.1, 0.15) is 38.2 Å². The van der Waals surface area contributed by atoms with E-state index >= 15 is 0 Å². The van der Waals surface area contributed by atoms with Crippen molar-refractivity contribution in [2.75, 3.05) is 13.6 Å². The summed E-state index contributed by atoms with van der Waals surface area (Å²) in [5, 5.41) is 6.83. The molecular formula is C17H28IN3O. The zero-order valence-corrected chi connectivity index (χ0v) is 16.1. The fraction of sp³-hybridized carbons (Fsp3) is 0.588. The molecule has 0 aromatic heterocycles. The molecule has 1 atom stereocenters. The topological polar surface area (TPSA) is 45.7 Å². The second-order valence-electron chi connectivity index (χ2n) is 5.77. The Labute approximate surface area is 151 Å². The Morgan fingerprint density at radius 3 is 2.64 bits per heavy atom. The number of hydrogen-bond acceptors (Lipinski definition) is 2. The molecule has 2 N–H and O–H groups in total. The summed E-state index contributed by atoms with van der Waals surface area (Å²) in [6, 6.07) is 8.68. The van der Waals surface area contributed by atoms with E-state index in [0.29, 0.717) is 6.04 Å². The predicted molar refractivity (Wildman–Crippen MR) is 103 cm³/mol. The summed E-state index contributed by atoms with van der Waals surface area (Å²) in [7, 11) is 1.82. The molecule has 0 spiro atoms. The van der Waals surface area contributed by atoms with Crippen LogP contribution in [0.2, 0.25) is 0 Å². The number of aryl methyl sites for hydroxylation is 1. The molecular weight excluding hydrogens is 389 g/mol. The van der Waals surface area contributed by atoms with Gasteiger partial charge >= 0.3 is 0 Å². The summed E-state index contributed by atoms with van der Waals surface area (Å²) in [6.45, 7) is 4.87. The number of nitrogens with one attached hydrogen (secondary N) is 2. The van der Waals surface area contributed by atoms with Gasteiger partial charge < -0.3 is 15.4 Å². The molecule has 1 fully saturated rings. The molecule has 0 radical (unpaired) electrons. The Hall–Kier alpha value is -0.980. The quantitative estimate of drug-likeness (QED) is 0.438. The van der Waals surface area contributed by atoms with E-state index in [4.69, 9.17) is 4.74 Å². The van der Waals surface area contributed by atoms with Gasteiger partial charge in [-0.15, -0.1) is 24.0 Å². The lowest BCUT2D eigenvalue weighted by atomic mass is 10.2. The van der Waals surface area contributed by atoms with Crippen molar-refractivity contribution < 1.29 is 4.74 Å². The van der Waals surface area contributed by atoms with Crippen LogP contribution < -0.4 is 15.4 Å². The minimum absolute atomic E-state index is 0. The van der Waals surface area contributed by atoms with Crippen LogP contribution in [0.4, 0.5) is 0 Å². The van der Waals surface area contributed by atoms with Crippen LogP contribution in [0.5, 0.6) is 5.75 Å². The molecule has 0 saturated heterocycles. The van der Waals surface area contributed by atoms with Crippen LogP contribution in [0.15, 0.2) is 29.3 Å². The molecule has 1 saturated carbocycles. The number of benzene rings is 1. The van der Waals surface area contributed by atoms with Gasteiger partial charge in [0.2, 0.25) is 0 Å². The average molecular weight is 417 g/mol. The minimum Gasteiger partial charge on any atom is -0.489 e. The molecule has 0 amide bonds. The number of aliphatic imine (C=N–C) groups is 1. The number of guanidine groups is 1. The van der Waals surface area contributed by atoms with Gasteiger partial charge in [-0.2, -0.15) is 0 Å². The smallest absolute Gasteiger partial charge is 0.191 e. The van der Waals surface area contributed by atoms with E-state index in [1.165, 1.54) is 25.7 Å². The highest BCUT2D eigenvalue weighted by molar-refractivity contribution is 14.0. The van der Waals surface area contributed by atoms with Gasteiger partial charge in [0.1, 0.15) is 11.9 Å². The Balaban J connectivity index is 0.00000242. The summed E-state index contributed by atoms with van der Waals surface area (Å²) in [6.07, 6.45) is 5.22. The Bertz CT molecular complexity index is 473. The minimum atomic E-state index is 0. The van der Waals surface area contributed by atoms with Gasteiger partial charge in [0.15, 0.2) is 5.96 Å². The van der Waals surface area contributed by atoms with Crippen LogP contribution >= 0.6 is 24.0 Å². The molecule has 1 unspecified atom stereocenters. The second-order valence-corrected chi connectivity index (χ2v) is 5.77. The van der Waals surface area contributed by atoms with E-state index in [2.05, 4.69) is 35.5 Å². The molecule has 5 heteroatoms. The maximum absolute atomic E-state index is 5.96. The summed E-state index contributed by atoms with van der Waals surface area (Å²) in [5.41, 5.74) is 1.16. The molecule has 22 heavy (non-hydrogen) atoms. The highest BCUT2D eigenvalue weighted by Gasteiger charge is 2.16. The first kappa shape index (κ1) is 19.1. The van der Waals surface area contributed by atoms with E-state index in [1.807, 2.05) is 25.2 Å². The predicted octanol–water partition coefficient (Wildman–Crippen LogP) is 3.49. The van der Waals surface area contributed by atoms with Crippen LogP contribution in [0.25, 0.3) is 0 Å². The standard InChI is InChI=1S/C17H27N3O.HI/c1-13-8-4-7-11-16(13)21-14(2)12-19-17(18-3)20-15-9-5-6-10-15;/h4,7-8,11,14-15H,5-6,9-10,12H2,1-3H3,(H2,18,19,20);1H. The maximum atomic E-state index is 5.96. The average Bonchev–Trinajstić information content (AvgIpc) is 2.99. The van der Waals surface area contributed by atoms with Crippen molar-refractivity contribution in [2.45, 2.75) is 51.7 Å². The van der Waals surface area contributed by atoms with Crippen molar-refractivity contribution in [1.29, 1.82) is 0 Å². The molecule has 2 rings (SSSR count). The monoisotopic (exact) mass is 417 g/mol. The van der Waals surface area contributed by atoms with Gasteiger partial charge in [0.05, 0.1) is 6.54 Å². The third kappa shape index (κ3) is 6.02. The summed E-state index contributed by atoms with van der Waals surface area (Å²) in [4.78, 5) is 4.29. The van der Waals surface area contributed by atoms with Crippen molar-refractivity contribution in [3.8, 4) is 5.75 Å².